The van der Waals surface area contributed by atoms with Crippen molar-refractivity contribution in [2.75, 3.05) is 5.73 Å². The molecule has 0 aromatic carbocycles. The zero-order chi connectivity index (χ0) is 12.9. The summed E-state index contributed by atoms with van der Waals surface area (Å²) in [5.41, 5.74) is 7.11. The number of rotatable bonds is 1. The van der Waals surface area contributed by atoms with Gasteiger partial charge in [-0.3, -0.25) is 0 Å². The molecule has 8 nitrogen and oxygen atoms in total. The molecular formula is C9H8N6O2S. The molecule has 0 spiro atoms. The highest BCUT2D eigenvalue weighted by molar-refractivity contribution is 7.93. The molecule has 0 saturated heterocycles. The third kappa shape index (κ3) is 1.48. The summed E-state index contributed by atoms with van der Waals surface area (Å²) < 4.78 is 27.5. The molecule has 0 bridgehead atoms. The van der Waals surface area contributed by atoms with Crippen molar-refractivity contribution in [1.82, 2.24) is 19.7 Å². The Kier molecular flexibility index (Phi) is 2.02. The molecule has 0 radical (unpaired) electrons. The van der Waals surface area contributed by atoms with Gasteiger partial charge in [0.15, 0.2) is 5.65 Å². The smallest absolute Gasteiger partial charge is 0.276 e. The summed E-state index contributed by atoms with van der Waals surface area (Å²) in [7, 11) is -1.85. The molecule has 1 aliphatic rings. The van der Waals surface area contributed by atoms with Crippen molar-refractivity contribution in [3.63, 3.8) is 0 Å². The second kappa shape index (κ2) is 3.35. The number of hydrogen-bond acceptors (Lipinski definition) is 6. The van der Waals surface area contributed by atoms with Gasteiger partial charge < -0.3 is 5.73 Å². The number of nitrogen functional groups attached to an aromatic ring is 1. The predicted molar refractivity (Wildman–Crippen MR) is 66.1 cm³/mol. The lowest BCUT2D eigenvalue weighted by Gasteiger charge is -1.96. The van der Waals surface area contributed by atoms with Crippen LogP contribution in [-0.2, 0) is 17.1 Å². The molecule has 3 rings (SSSR count). The lowest BCUT2D eigenvalue weighted by molar-refractivity contribution is 0.607. The van der Waals surface area contributed by atoms with Crippen LogP contribution in [0.5, 0.6) is 0 Å². The first-order valence-electron chi connectivity index (χ1n) is 4.93. The third-order valence-electron chi connectivity index (χ3n) is 2.54. The van der Waals surface area contributed by atoms with Gasteiger partial charge in [-0.05, 0) is 0 Å². The Morgan fingerprint density at radius 1 is 1.33 bits per heavy atom. The van der Waals surface area contributed by atoms with Crippen LogP contribution in [0.3, 0.4) is 0 Å². The normalized spacial score (nSPS) is 17.3. The average Bonchev–Trinajstić information content (AvgIpc) is 2.81. The van der Waals surface area contributed by atoms with Gasteiger partial charge in [-0.25, -0.2) is 14.6 Å². The lowest BCUT2D eigenvalue weighted by atomic mass is 10.2. The van der Waals surface area contributed by atoms with E-state index >= 15 is 0 Å². The Hall–Kier alpha value is -2.29. The van der Waals surface area contributed by atoms with Crippen LogP contribution in [0.4, 0.5) is 5.82 Å². The second-order valence-corrected chi connectivity index (χ2v) is 5.23. The van der Waals surface area contributed by atoms with Crippen molar-refractivity contribution in [1.29, 1.82) is 0 Å². The molecule has 0 fully saturated rings. The minimum atomic E-state index is -3.54. The van der Waals surface area contributed by atoms with Gasteiger partial charge in [0.05, 0.1) is 17.0 Å². The van der Waals surface area contributed by atoms with Gasteiger partial charge in [0.1, 0.15) is 17.8 Å². The summed E-state index contributed by atoms with van der Waals surface area (Å²) in [4.78, 5) is 7.94. The maximum Gasteiger partial charge on any atom is 0.276 e. The maximum atomic E-state index is 11.3. The Bertz CT molecular complexity index is 817. The van der Waals surface area contributed by atoms with Crippen LogP contribution in [0.15, 0.2) is 16.1 Å². The van der Waals surface area contributed by atoms with Crippen LogP contribution < -0.4 is 5.73 Å². The minimum absolute atomic E-state index is 0.252. The molecule has 3 heterocycles. The summed E-state index contributed by atoms with van der Waals surface area (Å²) in [6, 6.07) is 0. The maximum absolute atomic E-state index is 11.3. The standard InChI is InChI=1S/C9H8N6O2S/c1-15-9-6(8(10)11-4-12-9)7(14-15)5-2-13-18(16,17)3-5/h2-4H,1H3,(H2,10,11,12). The highest BCUT2D eigenvalue weighted by Gasteiger charge is 2.21. The van der Waals surface area contributed by atoms with Gasteiger partial charge >= 0.3 is 0 Å². The fourth-order valence-electron chi connectivity index (χ4n) is 1.78. The third-order valence-corrected chi connectivity index (χ3v) is 3.49. The number of aromatic nitrogens is 4. The van der Waals surface area contributed by atoms with E-state index in [1.54, 1.807) is 7.05 Å². The predicted octanol–water partition coefficient (Wildman–Crippen LogP) is -0.299. The molecule has 0 aliphatic carbocycles. The summed E-state index contributed by atoms with van der Waals surface area (Å²) in [6.45, 7) is 0. The first-order chi connectivity index (χ1) is 8.48. The number of nitrogens with two attached hydrogens (primary N) is 1. The molecular weight excluding hydrogens is 256 g/mol. The zero-order valence-corrected chi connectivity index (χ0v) is 10.1. The molecule has 9 heteroatoms. The van der Waals surface area contributed by atoms with Gasteiger partial charge in [0.25, 0.3) is 10.0 Å². The summed E-state index contributed by atoms with van der Waals surface area (Å²) >= 11 is 0. The fourth-order valence-corrected chi connectivity index (χ4v) is 2.59. The fraction of sp³-hybridized carbons (Fsp3) is 0.111. The van der Waals surface area contributed by atoms with E-state index in [0.29, 0.717) is 22.3 Å². The van der Waals surface area contributed by atoms with E-state index in [2.05, 4.69) is 19.5 Å². The summed E-state index contributed by atoms with van der Waals surface area (Å²) in [6.07, 6.45) is 2.57. The lowest BCUT2D eigenvalue weighted by Crippen LogP contribution is -1.95. The van der Waals surface area contributed by atoms with Gasteiger partial charge in [0, 0.05) is 12.6 Å². The SMILES string of the molecule is Cn1nc(C2=CS(=O)(=O)N=C2)c2c(N)ncnc21. The number of nitrogens with zero attached hydrogens (tertiary/aromatic N) is 5. The van der Waals surface area contributed by atoms with E-state index in [0.717, 1.165) is 5.41 Å². The van der Waals surface area contributed by atoms with E-state index in [1.807, 2.05) is 0 Å². The van der Waals surface area contributed by atoms with E-state index < -0.39 is 10.0 Å². The highest BCUT2D eigenvalue weighted by atomic mass is 32.2. The largest absolute Gasteiger partial charge is 0.383 e. The molecule has 92 valence electrons. The molecule has 0 atom stereocenters. The Labute approximate surface area is 102 Å². The quantitative estimate of drug-likeness (QED) is 0.755. The number of fused-ring (bicyclic) bond motifs is 1. The van der Waals surface area contributed by atoms with Crippen LogP contribution in [-0.4, -0.2) is 34.4 Å². The van der Waals surface area contributed by atoms with Gasteiger partial charge in [0.2, 0.25) is 0 Å². The monoisotopic (exact) mass is 264 g/mol. The van der Waals surface area contributed by atoms with Crippen LogP contribution in [0.2, 0.25) is 0 Å². The van der Waals surface area contributed by atoms with Gasteiger partial charge in [-0.1, -0.05) is 0 Å². The summed E-state index contributed by atoms with van der Waals surface area (Å²) in [5, 5.41) is 5.77. The molecule has 0 unspecified atom stereocenters. The molecule has 18 heavy (non-hydrogen) atoms. The molecule has 0 saturated carbocycles. The highest BCUT2D eigenvalue weighted by Crippen LogP contribution is 2.28. The first-order valence-corrected chi connectivity index (χ1v) is 6.44. The number of sulfonamides is 1. The van der Waals surface area contributed by atoms with Crippen LogP contribution in [0.25, 0.3) is 16.6 Å². The average molecular weight is 264 g/mol. The Morgan fingerprint density at radius 3 is 2.78 bits per heavy atom. The van der Waals surface area contributed by atoms with Crippen molar-refractivity contribution in [3.05, 3.63) is 17.4 Å². The topological polar surface area (TPSA) is 116 Å². The number of anilines is 1. The molecule has 1 aliphatic heterocycles. The Balaban J connectivity index is 2.36. The molecule has 2 aromatic rings. The van der Waals surface area contributed by atoms with Crippen molar-refractivity contribution >= 4 is 38.7 Å². The van der Waals surface area contributed by atoms with Crippen molar-refractivity contribution in [3.8, 4) is 0 Å². The number of aryl methyl sites for hydroxylation is 1. The molecule has 0 amide bonds. The van der Waals surface area contributed by atoms with E-state index in [4.69, 9.17) is 5.73 Å². The first kappa shape index (κ1) is 10.8. The molecule has 2 aromatic heterocycles. The zero-order valence-electron chi connectivity index (χ0n) is 9.27. The van der Waals surface area contributed by atoms with E-state index in [1.165, 1.54) is 17.2 Å². The minimum Gasteiger partial charge on any atom is -0.383 e. The van der Waals surface area contributed by atoms with Crippen LogP contribution >= 0.6 is 0 Å². The van der Waals surface area contributed by atoms with Crippen LogP contribution in [0, 0.1) is 0 Å². The van der Waals surface area contributed by atoms with Crippen LogP contribution in [0.1, 0.15) is 5.69 Å². The van der Waals surface area contributed by atoms with E-state index in [-0.39, 0.29) is 5.82 Å². The van der Waals surface area contributed by atoms with Crippen molar-refractivity contribution < 1.29 is 8.42 Å². The Morgan fingerprint density at radius 2 is 2.11 bits per heavy atom. The number of allylic oxidation sites excluding steroid dienone is 1. The van der Waals surface area contributed by atoms with Gasteiger partial charge in [-0.2, -0.15) is 17.9 Å². The summed E-state index contributed by atoms with van der Waals surface area (Å²) in [5.74, 6) is 0.252. The van der Waals surface area contributed by atoms with E-state index in [9.17, 15) is 8.42 Å². The van der Waals surface area contributed by atoms with Crippen molar-refractivity contribution in [2.24, 2.45) is 11.4 Å². The molecule has 2 N–H and O–H groups in total. The van der Waals surface area contributed by atoms with Gasteiger partial charge in [-0.15, -0.1) is 0 Å². The number of hydrogen-bond donors (Lipinski definition) is 1. The second-order valence-electron chi connectivity index (χ2n) is 3.75. The van der Waals surface area contributed by atoms with Crippen molar-refractivity contribution in [2.45, 2.75) is 0 Å².